The van der Waals surface area contributed by atoms with Gasteiger partial charge in [-0.15, -0.1) is 11.3 Å². The summed E-state index contributed by atoms with van der Waals surface area (Å²) in [6, 6.07) is 6.06. The molecule has 3 heterocycles. The van der Waals surface area contributed by atoms with E-state index in [9.17, 15) is 0 Å². The Morgan fingerprint density at radius 1 is 1.17 bits per heavy atom. The monoisotopic (exact) mass is 329 g/mol. The standard InChI is InChI=1S/C16H19N5OS/c1-20(10-12-4-5-14-15(8-12)19-22-18-14)11-13-9-17-16(23-13)21-6-2-3-7-21/h4-5,8-9H,2-3,6-7,10-11H2,1H3. The molecule has 1 fully saturated rings. The van der Waals surface area contributed by atoms with Gasteiger partial charge in [-0.2, -0.15) is 0 Å². The Hall–Kier alpha value is -1.99. The van der Waals surface area contributed by atoms with E-state index in [1.165, 1.54) is 28.4 Å². The lowest BCUT2D eigenvalue weighted by molar-refractivity contribution is 0.315. The Balaban J connectivity index is 1.40. The molecule has 2 aromatic heterocycles. The van der Waals surface area contributed by atoms with Crippen LogP contribution in [0.5, 0.6) is 0 Å². The fourth-order valence-corrected chi connectivity index (χ4v) is 4.03. The van der Waals surface area contributed by atoms with Gasteiger partial charge in [-0.05, 0) is 47.9 Å². The van der Waals surface area contributed by atoms with Crippen molar-refractivity contribution >= 4 is 27.5 Å². The molecule has 1 aliphatic heterocycles. The smallest absolute Gasteiger partial charge is 0.185 e. The van der Waals surface area contributed by atoms with Gasteiger partial charge in [0.1, 0.15) is 11.0 Å². The maximum atomic E-state index is 4.75. The van der Waals surface area contributed by atoms with Crippen molar-refractivity contribution in [3.8, 4) is 0 Å². The molecule has 0 saturated carbocycles. The van der Waals surface area contributed by atoms with Gasteiger partial charge in [0.05, 0.1) is 0 Å². The molecule has 3 aromatic rings. The minimum absolute atomic E-state index is 0.800. The molecule has 0 bridgehead atoms. The Kier molecular flexibility index (Phi) is 3.97. The summed E-state index contributed by atoms with van der Waals surface area (Å²) in [6.07, 6.45) is 4.59. The highest BCUT2D eigenvalue weighted by atomic mass is 32.1. The first kappa shape index (κ1) is 14.6. The van der Waals surface area contributed by atoms with E-state index < -0.39 is 0 Å². The van der Waals surface area contributed by atoms with Crippen LogP contribution in [-0.4, -0.2) is 40.3 Å². The first-order chi connectivity index (χ1) is 11.3. The normalized spacial score (nSPS) is 15.1. The second-order valence-electron chi connectivity index (χ2n) is 6.06. The van der Waals surface area contributed by atoms with E-state index in [0.717, 1.165) is 37.2 Å². The van der Waals surface area contributed by atoms with Gasteiger partial charge in [-0.1, -0.05) is 6.07 Å². The summed E-state index contributed by atoms with van der Waals surface area (Å²) in [5.41, 5.74) is 2.82. The van der Waals surface area contributed by atoms with E-state index in [-0.39, 0.29) is 0 Å². The third kappa shape index (κ3) is 3.20. The van der Waals surface area contributed by atoms with E-state index in [4.69, 9.17) is 4.63 Å². The summed E-state index contributed by atoms with van der Waals surface area (Å²) in [5, 5.41) is 8.90. The lowest BCUT2D eigenvalue weighted by Crippen LogP contribution is -2.17. The number of fused-ring (bicyclic) bond motifs is 1. The molecule has 120 valence electrons. The zero-order chi connectivity index (χ0) is 15.6. The number of nitrogens with zero attached hydrogens (tertiary/aromatic N) is 5. The average Bonchev–Trinajstić information content (AvgIpc) is 3.27. The van der Waals surface area contributed by atoms with Crippen LogP contribution < -0.4 is 4.90 Å². The van der Waals surface area contributed by atoms with Gasteiger partial charge in [0, 0.05) is 37.3 Å². The van der Waals surface area contributed by atoms with Gasteiger partial charge in [-0.25, -0.2) is 9.61 Å². The number of aromatic nitrogens is 3. The molecule has 23 heavy (non-hydrogen) atoms. The number of benzene rings is 1. The molecule has 0 atom stereocenters. The highest BCUT2D eigenvalue weighted by Gasteiger charge is 2.16. The molecule has 0 amide bonds. The lowest BCUT2D eigenvalue weighted by atomic mass is 10.2. The van der Waals surface area contributed by atoms with Crippen LogP contribution in [-0.2, 0) is 13.1 Å². The van der Waals surface area contributed by atoms with Gasteiger partial charge in [-0.3, -0.25) is 4.90 Å². The van der Waals surface area contributed by atoms with Crippen LogP contribution >= 0.6 is 11.3 Å². The summed E-state index contributed by atoms with van der Waals surface area (Å²) < 4.78 is 4.75. The first-order valence-corrected chi connectivity index (χ1v) is 8.69. The zero-order valence-corrected chi connectivity index (χ0v) is 13.9. The van der Waals surface area contributed by atoms with Gasteiger partial charge in [0.2, 0.25) is 0 Å². The zero-order valence-electron chi connectivity index (χ0n) is 13.1. The first-order valence-electron chi connectivity index (χ1n) is 7.87. The molecule has 6 nitrogen and oxygen atoms in total. The van der Waals surface area contributed by atoms with Crippen molar-refractivity contribution in [2.24, 2.45) is 0 Å². The number of hydrogen-bond donors (Lipinski definition) is 0. The molecule has 0 N–H and O–H groups in total. The summed E-state index contributed by atoms with van der Waals surface area (Å²) in [7, 11) is 2.13. The van der Waals surface area contributed by atoms with Gasteiger partial charge < -0.3 is 4.90 Å². The molecule has 4 rings (SSSR count). The minimum Gasteiger partial charge on any atom is -0.348 e. The largest absolute Gasteiger partial charge is 0.348 e. The van der Waals surface area contributed by atoms with Crippen LogP contribution in [0.1, 0.15) is 23.3 Å². The minimum atomic E-state index is 0.800. The molecule has 0 unspecified atom stereocenters. The van der Waals surface area contributed by atoms with Crippen molar-refractivity contribution in [2.75, 3.05) is 25.0 Å². The van der Waals surface area contributed by atoms with E-state index in [2.05, 4.69) is 38.2 Å². The number of anilines is 1. The third-order valence-corrected chi connectivity index (χ3v) is 5.16. The SMILES string of the molecule is CN(Cc1ccc2nonc2c1)Cc1cnc(N2CCCC2)s1. The highest BCUT2D eigenvalue weighted by Crippen LogP contribution is 2.26. The molecule has 7 heteroatoms. The van der Waals surface area contributed by atoms with E-state index in [0.29, 0.717) is 0 Å². The van der Waals surface area contributed by atoms with Crippen molar-refractivity contribution in [3.05, 3.63) is 34.8 Å². The molecule has 1 saturated heterocycles. The van der Waals surface area contributed by atoms with E-state index in [1.807, 2.05) is 29.7 Å². The molecule has 1 aliphatic rings. The Labute approximate surface area is 138 Å². The maximum Gasteiger partial charge on any atom is 0.185 e. The van der Waals surface area contributed by atoms with E-state index in [1.54, 1.807) is 0 Å². The fourth-order valence-electron chi connectivity index (χ4n) is 2.98. The Morgan fingerprint density at radius 3 is 2.87 bits per heavy atom. The molecule has 0 aliphatic carbocycles. The molecular weight excluding hydrogens is 310 g/mol. The highest BCUT2D eigenvalue weighted by molar-refractivity contribution is 7.15. The van der Waals surface area contributed by atoms with Crippen LogP contribution in [0.25, 0.3) is 11.0 Å². The fraction of sp³-hybridized carbons (Fsp3) is 0.438. The Morgan fingerprint density at radius 2 is 2.00 bits per heavy atom. The molecule has 0 radical (unpaired) electrons. The van der Waals surface area contributed by atoms with Crippen molar-refractivity contribution in [2.45, 2.75) is 25.9 Å². The number of rotatable bonds is 5. The predicted octanol–water partition coefficient (Wildman–Crippen LogP) is 2.91. The molecule has 0 spiro atoms. The van der Waals surface area contributed by atoms with E-state index >= 15 is 0 Å². The van der Waals surface area contributed by atoms with Crippen LogP contribution in [0.15, 0.2) is 29.0 Å². The van der Waals surface area contributed by atoms with Crippen LogP contribution in [0.2, 0.25) is 0 Å². The van der Waals surface area contributed by atoms with Gasteiger partial charge in [0.15, 0.2) is 5.13 Å². The number of thiazole rings is 1. The summed E-state index contributed by atoms with van der Waals surface area (Å²) >= 11 is 1.81. The number of hydrogen-bond acceptors (Lipinski definition) is 7. The molecular formula is C16H19N5OS. The van der Waals surface area contributed by atoms with Crippen LogP contribution in [0.4, 0.5) is 5.13 Å². The molecule has 1 aromatic carbocycles. The topological polar surface area (TPSA) is 58.3 Å². The average molecular weight is 329 g/mol. The predicted molar refractivity (Wildman–Crippen MR) is 90.5 cm³/mol. The maximum absolute atomic E-state index is 4.75. The van der Waals surface area contributed by atoms with Crippen LogP contribution in [0.3, 0.4) is 0 Å². The third-order valence-electron chi connectivity index (χ3n) is 4.11. The summed E-state index contributed by atoms with van der Waals surface area (Å²) in [5.74, 6) is 0. The van der Waals surface area contributed by atoms with Gasteiger partial charge >= 0.3 is 0 Å². The summed E-state index contributed by atoms with van der Waals surface area (Å²) in [6.45, 7) is 4.06. The lowest BCUT2D eigenvalue weighted by Gasteiger charge is -2.15. The van der Waals surface area contributed by atoms with Crippen molar-refractivity contribution in [1.82, 2.24) is 20.2 Å². The van der Waals surface area contributed by atoms with Crippen molar-refractivity contribution in [1.29, 1.82) is 0 Å². The summed E-state index contributed by atoms with van der Waals surface area (Å²) in [4.78, 5) is 10.6. The second-order valence-corrected chi connectivity index (χ2v) is 7.16. The van der Waals surface area contributed by atoms with Crippen LogP contribution in [0, 0.1) is 0 Å². The second kappa shape index (κ2) is 6.25. The van der Waals surface area contributed by atoms with Gasteiger partial charge in [0.25, 0.3) is 0 Å². The Bertz CT molecular complexity index is 792. The van der Waals surface area contributed by atoms with Crippen molar-refractivity contribution < 1.29 is 4.63 Å². The quantitative estimate of drug-likeness (QED) is 0.717. The van der Waals surface area contributed by atoms with Crippen molar-refractivity contribution in [3.63, 3.8) is 0 Å².